The maximum atomic E-state index is 5.89. The Morgan fingerprint density at radius 1 is 1.16 bits per heavy atom. The van der Waals surface area contributed by atoms with Gasteiger partial charge in [0.2, 0.25) is 0 Å². The summed E-state index contributed by atoms with van der Waals surface area (Å²) in [7, 11) is 0. The highest BCUT2D eigenvalue weighted by atomic mass is 15.2. The van der Waals surface area contributed by atoms with E-state index < -0.39 is 0 Å². The molecular weight excluding hydrogens is 236 g/mol. The maximum absolute atomic E-state index is 5.89. The van der Waals surface area contributed by atoms with Crippen molar-refractivity contribution in [2.45, 2.75) is 26.7 Å². The minimum atomic E-state index is 0.544. The summed E-state index contributed by atoms with van der Waals surface area (Å²) in [6.07, 6.45) is 3.78. The molecule has 4 nitrogen and oxygen atoms in total. The number of hydrogen-bond donors (Lipinski definition) is 1. The van der Waals surface area contributed by atoms with Gasteiger partial charge in [-0.05, 0) is 25.5 Å². The van der Waals surface area contributed by atoms with E-state index in [9.17, 15) is 0 Å². The Bertz CT molecular complexity index is 525. The Hall–Kier alpha value is -2.10. The van der Waals surface area contributed by atoms with Gasteiger partial charge in [0.25, 0.3) is 0 Å². The summed E-state index contributed by atoms with van der Waals surface area (Å²) in [5.74, 6) is 1.44. The number of rotatable bonds is 5. The highest BCUT2D eigenvalue weighted by Gasteiger charge is 2.14. The Balaban J connectivity index is 2.40. The van der Waals surface area contributed by atoms with Crippen LogP contribution in [0, 0.1) is 6.92 Å². The van der Waals surface area contributed by atoms with Crippen molar-refractivity contribution in [1.82, 2.24) is 9.97 Å². The second-order valence-corrected chi connectivity index (χ2v) is 4.55. The van der Waals surface area contributed by atoms with Crippen LogP contribution in [0.3, 0.4) is 0 Å². The molecule has 2 aromatic rings. The zero-order valence-corrected chi connectivity index (χ0v) is 11.5. The molecule has 1 heterocycles. The minimum absolute atomic E-state index is 0.544. The van der Waals surface area contributed by atoms with Crippen LogP contribution in [0.25, 0.3) is 0 Å². The van der Waals surface area contributed by atoms with E-state index in [1.807, 2.05) is 25.1 Å². The fraction of sp³-hybridized carbons (Fsp3) is 0.333. The molecule has 0 radical (unpaired) electrons. The van der Waals surface area contributed by atoms with Crippen molar-refractivity contribution < 1.29 is 0 Å². The summed E-state index contributed by atoms with van der Waals surface area (Å²) in [6, 6.07) is 10.3. The summed E-state index contributed by atoms with van der Waals surface area (Å²) < 4.78 is 0. The number of nitrogens with two attached hydrogens (primary N) is 1. The van der Waals surface area contributed by atoms with Crippen molar-refractivity contribution in [3.63, 3.8) is 0 Å². The monoisotopic (exact) mass is 256 g/mol. The van der Waals surface area contributed by atoms with Gasteiger partial charge in [0, 0.05) is 17.8 Å². The van der Waals surface area contributed by atoms with Gasteiger partial charge in [0.05, 0.1) is 0 Å². The first-order valence-corrected chi connectivity index (χ1v) is 6.63. The fourth-order valence-electron chi connectivity index (χ4n) is 2.01. The molecule has 1 aromatic carbocycles. The summed E-state index contributed by atoms with van der Waals surface area (Å²) in [4.78, 5) is 10.6. The van der Waals surface area contributed by atoms with E-state index in [0.717, 1.165) is 36.5 Å². The lowest BCUT2D eigenvalue weighted by atomic mass is 10.2. The third-order valence-corrected chi connectivity index (χ3v) is 3.16. The molecule has 100 valence electrons. The predicted molar refractivity (Wildman–Crippen MR) is 79.5 cm³/mol. The topological polar surface area (TPSA) is 55.0 Å². The summed E-state index contributed by atoms with van der Waals surface area (Å²) in [6.45, 7) is 5.08. The maximum Gasteiger partial charge on any atom is 0.141 e. The van der Waals surface area contributed by atoms with Crippen molar-refractivity contribution in [3.8, 4) is 0 Å². The summed E-state index contributed by atoms with van der Waals surface area (Å²) >= 11 is 0. The molecule has 0 spiro atoms. The molecule has 0 bridgehead atoms. The second-order valence-electron chi connectivity index (χ2n) is 4.55. The van der Waals surface area contributed by atoms with Crippen LogP contribution in [-0.4, -0.2) is 16.5 Å². The van der Waals surface area contributed by atoms with E-state index in [-0.39, 0.29) is 0 Å². The van der Waals surface area contributed by atoms with Crippen LogP contribution < -0.4 is 10.6 Å². The number of para-hydroxylation sites is 1. The highest BCUT2D eigenvalue weighted by molar-refractivity contribution is 5.65. The zero-order valence-electron chi connectivity index (χ0n) is 11.5. The minimum Gasteiger partial charge on any atom is -0.383 e. The highest BCUT2D eigenvalue weighted by Crippen LogP contribution is 2.28. The van der Waals surface area contributed by atoms with Crippen LogP contribution in [0.4, 0.5) is 17.3 Å². The van der Waals surface area contributed by atoms with Gasteiger partial charge in [-0.1, -0.05) is 31.5 Å². The Morgan fingerprint density at radius 3 is 2.58 bits per heavy atom. The van der Waals surface area contributed by atoms with Gasteiger partial charge in [0.15, 0.2) is 0 Å². The van der Waals surface area contributed by atoms with E-state index in [2.05, 4.69) is 33.9 Å². The van der Waals surface area contributed by atoms with Crippen LogP contribution in [-0.2, 0) is 0 Å². The van der Waals surface area contributed by atoms with Gasteiger partial charge in [0.1, 0.15) is 18.0 Å². The third kappa shape index (κ3) is 3.02. The van der Waals surface area contributed by atoms with E-state index >= 15 is 0 Å². The van der Waals surface area contributed by atoms with Gasteiger partial charge in [-0.25, -0.2) is 9.97 Å². The van der Waals surface area contributed by atoms with Crippen molar-refractivity contribution in [3.05, 3.63) is 42.2 Å². The molecule has 0 unspecified atom stereocenters. The molecule has 2 N–H and O–H groups in total. The number of nitrogens with zero attached hydrogens (tertiary/aromatic N) is 3. The molecule has 0 atom stereocenters. The SMILES string of the molecule is CCCCN(c1ccccc1)c1ncnc(N)c1C. The van der Waals surface area contributed by atoms with Crippen molar-refractivity contribution in [2.24, 2.45) is 0 Å². The average molecular weight is 256 g/mol. The molecular formula is C15H20N4. The Morgan fingerprint density at radius 2 is 1.89 bits per heavy atom. The first-order chi connectivity index (χ1) is 9.24. The van der Waals surface area contributed by atoms with E-state index in [4.69, 9.17) is 5.73 Å². The lowest BCUT2D eigenvalue weighted by molar-refractivity contribution is 0.776. The van der Waals surface area contributed by atoms with E-state index in [1.165, 1.54) is 6.33 Å². The molecule has 0 aliphatic rings. The number of nitrogen functional groups attached to an aromatic ring is 1. The normalized spacial score (nSPS) is 10.4. The summed E-state index contributed by atoms with van der Waals surface area (Å²) in [5.41, 5.74) is 7.96. The van der Waals surface area contributed by atoms with Gasteiger partial charge in [-0.2, -0.15) is 0 Å². The molecule has 0 aliphatic heterocycles. The molecule has 0 aliphatic carbocycles. The molecule has 19 heavy (non-hydrogen) atoms. The van der Waals surface area contributed by atoms with E-state index in [1.54, 1.807) is 0 Å². The van der Waals surface area contributed by atoms with Crippen molar-refractivity contribution in [2.75, 3.05) is 17.2 Å². The number of anilines is 3. The fourth-order valence-corrected chi connectivity index (χ4v) is 2.01. The van der Waals surface area contributed by atoms with Crippen LogP contribution in [0.5, 0.6) is 0 Å². The van der Waals surface area contributed by atoms with Gasteiger partial charge in [-0.15, -0.1) is 0 Å². The average Bonchev–Trinajstić information content (AvgIpc) is 2.45. The number of benzene rings is 1. The second kappa shape index (κ2) is 6.18. The number of unbranched alkanes of at least 4 members (excludes halogenated alkanes) is 1. The predicted octanol–water partition coefficient (Wildman–Crippen LogP) is 3.31. The Labute approximate surface area is 114 Å². The quantitative estimate of drug-likeness (QED) is 0.891. The first kappa shape index (κ1) is 13.3. The molecule has 0 saturated carbocycles. The van der Waals surface area contributed by atoms with Crippen LogP contribution >= 0.6 is 0 Å². The Kier molecular flexibility index (Phi) is 4.34. The largest absolute Gasteiger partial charge is 0.383 e. The lowest BCUT2D eigenvalue weighted by Crippen LogP contribution is -2.21. The standard InChI is InChI=1S/C15H20N4/c1-3-4-10-19(13-8-6-5-7-9-13)15-12(2)14(16)17-11-18-15/h5-9,11H,3-4,10H2,1-2H3,(H2,16,17,18). The van der Waals surface area contributed by atoms with Crippen molar-refractivity contribution in [1.29, 1.82) is 0 Å². The first-order valence-electron chi connectivity index (χ1n) is 6.63. The molecule has 0 saturated heterocycles. The third-order valence-electron chi connectivity index (χ3n) is 3.16. The summed E-state index contributed by atoms with van der Waals surface area (Å²) in [5, 5.41) is 0. The smallest absolute Gasteiger partial charge is 0.141 e. The van der Waals surface area contributed by atoms with Crippen LogP contribution in [0.2, 0.25) is 0 Å². The van der Waals surface area contributed by atoms with Crippen LogP contribution in [0.15, 0.2) is 36.7 Å². The lowest BCUT2D eigenvalue weighted by Gasteiger charge is -2.25. The molecule has 0 amide bonds. The number of hydrogen-bond acceptors (Lipinski definition) is 4. The molecule has 2 rings (SSSR count). The zero-order chi connectivity index (χ0) is 13.7. The van der Waals surface area contributed by atoms with Crippen LogP contribution in [0.1, 0.15) is 25.3 Å². The van der Waals surface area contributed by atoms with Crippen molar-refractivity contribution >= 4 is 17.3 Å². The van der Waals surface area contributed by atoms with Gasteiger partial charge in [-0.3, -0.25) is 0 Å². The molecule has 4 heteroatoms. The van der Waals surface area contributed by atoms with Gasteiger partial charge < -0.3 is 10.6 Å². The number of aromatic nitrogens is 2. The van der Waals surface area contributed by atoms with Gasteiger partial charge >= 0.3 is 0 Å². The molecule has 1 aromatic heterocycles. The van der Waals surface area contributed by atoms with E-state index in [0.29, 0.717) is 5.82 Å². The molecule has 0 fully saturated rings.